The molecule has 1 aliphatic carbocycles. The highest BCUT2D eigenvalue weighted by atomic mass is 32.1. The van der Waals surface area contributed by atoms with E-state index in [0.717, 1.165) is 12.8 Å². The Morgan fingerprint density at radius 1 is 1.38 bits per heavy atom. The topological polar surface area (TPSA) is 20.2 Å². The first-order valence-electron chi connectivity index (χ1n) is 6.43. The van der Waals surface area contributed by atoms with Crippen molar-refractivity contribution in [1.29, 1.82) is 0 Å². The number of rotatable bonds is 4. The van der Waals surface area contributed by atoms with Crippen molar-refractivity contribution in [3.05, 3.63) is 22.4 Å². The van der Waals surface area contributed by atoms with Gasteiger partial charge in [0, 0.05) is 4.88 Å². The molecule has 90 valence electrons. The average molecular weight is 238 g/mol. The van der Waals surface area contributed by atoms with Crippen molar-refractivity contribution in [2.45, 2.75) is 57.5 Å². The van der Waals surface area contributed by atoms with Crippen molar-refractivity contribution < 1.29 is 5.11 Å². The van der Waals surface area contributed by atoms with E-state index in [4.69, 9.17) is 0 Å². The molecular weight excluding hydrogens is 216 g/mol. The molecule has 1 heterocycles. The van der Waals surface area contributed by atoms with Crippen LogP contribution < -0.4 is 0 Å². The lowest BCUT2D eigenvalue weighted by Crippen LogP contribution is -2.36. The molecule has 1 unspecified atom stereocenters. The van der Waals surface area contributed by atoms with E-state index in [2.05, 4.69) is 17.5 Å². The zero-order valence-corrected chi connectivity index (χ0v) is 10.9. The molecule has 0 spiro atoms. The summed E-state index contributed by atoms with van der Waals surface area (Å²) < 4.78 is 0. The van der Waals surface area contributed by atoms with Gasteiger partial charge in [-0.25, -0.2) is 0 Å². The first-order chi connectivity index (χ1) is 7.68. The van der Waals surface area contributed by atoms with Gasteiger partial charge in [0.2, 0.25) is 0 Å². The van der Waals surface area contributed by atoms with Gasteiger partial charge in [-0.2, -0.15) is 0 Å². The summed E-state index contributed by atoms with van der Waals surface area (Å²) in [5.41, 5.74) is -0.454. The fourth-order valence-electron chi connectivity index (χ4n) is 2.76. The van der Waals surface area contributed by atoms with Crippen molar-refractivity contribution >= 4 is 11.3 Å². The van der Waals surface area contributed by atoms with Gasteiger partial charge >= 0.3 is 0 Å². The van der Waals surface area contributed by atoms with Crippen LogP contribution in [0.15, 0.2) is 17.5 Å². The molecule has 1 nitrogen and oxygen atoms in total. The largest absolute Gasteiger partial charge is 0.390 e. The van der Waals surface area contributed by atoms with Crippen molar-refractivity contribution in [2.24, 2.45) is 5.92 Å². The fraction of sp³-hybridized carbons (Fsp3) is 0.714. The number of hydrogen-bond donors (Lipinski definition) is 1. The Morgan fingerprint density at radius 3 is 2.75 bits per heavy atom. The van der Waals surface area contributed by atoms with Crippen LogP contribution in [0.3, 0.4) is 0 Å². The summed E-state index contributed by atoms with van der Waals surface area (Å²) in [4.78, 5) is 1.40. The lowest BCUT2D eigenvalue weighted by molar-refractivity contribution is -0.0230. The maximum absolute atomic E-state index is 10.5. The van der Waals surface area contributed by atoms with E-state index in [1.165, 1.54) is 37.0 Å². The molecule has 2 rings (SSSR count). The lowest BCUT2D eigenvalue weighted by Gasteiger charge is -2.35. The summed E-state index contributed by atoms with van der Waals surface area (Å²) in [6.07, 6.45) is 8.35. The molecule has 16 heavy (non-hydrogen) atoms. The highest BCUT2D eigenvalue weighted by Gasteiger charge is 2.32. The molecule has 0 aromatic carbocycles. The van der Waals surface area contributed by atoms with Crippen LogP contribution in [0.4, 0.5) is 0 Å². The second-order valence-electron chi connectivity index (χ2n) is 5.27. The van der Waals surface area contributed by atoms with Gasteiger partial charge in [0.05, 0.1) is 5.60 Å². The van der Waals surface area contributed by atoms with Gasteiger partial charge in [0.1, 0.15) is 0 Å². The molecule has 0 saturated heterocycles. The van der Waals surface area contributed by atoms with Gasteiger partial charge in [0.25, 0.3) is 0 Å². The van der Waals surface area contributed by atoms with E-state index in [-0.39, 0.29) is 0 Å². The van der Waals surface area contributed by atoms with Gasteiger partial charge in [-0.3, -0.25) is 0 Å². The third kappa shape index (κ3) is 3.08. The zero-order valence-electron chi connectivity index (χ0n) is 10.1. The van der Waals surface area contributed by atoms with Gasteiger partial charge in [-0.1, -0.05) is 25.3 Å². The van der Waals surface area contributed by atoms with Crippen molar-refractivity contribution in [3.8, 4) is 0 Å². The van der Waals surface area contributed by atoms with Crippen LogP contribution >= 0.6 is 11.3 Å². The summed E-state index contributed by atoms with van der Waals surface area (Å²) in [6, 6.07) is 4.26. The van der Waals surface area contributed by atoms with Crippen LogP contribution in [0, 0.1) is 5.92 Å². The van der Waals surface area contributed by atoms with E-state index in [1.54, 1.807) is 11.3 Å². The van der Waals surface area contributed by atoms with Gasteiger partial charge < -0.3 is 5.11 Å². The smallest absolute Gasteiger partial charge is 0.0651 e. The Bertz CT molecular complexity index is 297. The first-order valence-corrected chi connectivity index (χ1v) is 7.31. The SMILES string of the molecule is CC(O)(CCc1cccs1)C1CCCCC1. The maximum Gasteiger partial charge on any atom is 0.0651 e. The second-order valence-corrected chi connectivity index (χ2v) is 6.30. The standard InChI is InChI=1S/C14H22OS/c1-14(15,12-6-3-2-4-7-12)10-9-13-8-5-11-16-13/h5,8,11-12,15H,2-4,6-7,9-10H2,1H3. The van der Waals surface area contributed by atoms with Gasteiger partial charge in [-0.05, 0) is 50.0 Å². The number of aryl methyl sites for hydroxylation is 1. The quantitative estimate of drug-likeness (QED) is 0.840. The van der Waals surface area contributed by atoms with Crippen LogP contribution in [0.5, 0.6) is 0 Å². The second kappa shape index (κ2) is 5.33. The van der Waals surface area contributed by atoms with Crippen LogP contribution in [-0.2, 0) is 6.42 Å². The Morgan fingerprint density at radius 2 is 2.12 bits per heavy atom. The summed E-state index contributed by atoms with van der Waals surface area (Å²) in [5.74, 6) is 0.529. The first kappa shape index (κ1) is 12.1. The molecule has 1 aliphatic rings. The molecule has 1 aromatic rings. The highest BCUT2D eigenvalue weighted by Crippen LogP contribution is 2.35. The van der Waals surface area contributed by atoms with Crippen LogP contribution in [-0.4, -0.2) is 10.7 Å². The Hall–Kier alpha value is -0.340. The van der Waals surface area contributed by atoms with Crippen molar-refractivity contribution in [2.75, 3.05) is 0 Å². The summed E-state index contributed by atoms with van der Waals surface area (Å²) in [6.45, 7) is 2.04. The monoisotopic (exact) mass is 238 g/mol. The van der Waals surface area contributed by atoms with E-state index >= 15 is 0 Å². The third-order valence-corrected chi connectivity index (χ3v) is 4.88. The minimum atomic E-state index is -0.454. The molecule has 0 aliphatic heterocycles. The predicted octanol–water partition coefficient (Wildman–Crippen LogP) is 4.01. The maximum atomic E-state index is 10.5. The van der Waals surface area contributed by atoms with Crippen LogP contribution in [0.25, 0.3) is 0 Å². The molecule has 1 fully saturated rings. The molecule has 1 saturated carbocycles. The minimum Gasteiger partial charge on any atom is -0.390 e. The molecule has 1 aromatic heterocycles. The van der Waals surface area contributed by atoms with E-state index in [0.29, 0.717) is 5.92 Å². The number of hydrogen-bond acceptors (Lipinski definition) is 2. The third-order valence-electron chi connectivity index (χ3n) is 3.94. The molecule has 1 atom stereocenters. The van der Waals surface area contributed by atoms with Crippen LogP contribution in [0.1, 0.15) is 50.3 Å². The number of thiophene rings is 1. The molecule has 0 radical (unpaired) electrons. The molecule has 2 heteroatoms. The summed E-state index contributed by atoms with van der Waals surface area (Å²) in [7, 11) is 0. The zero-order chi connectivity index (χ0) is 11.4. The predicted molar refractivity (Wildman–Crippen MR) is 69.8 cm³/mol. The normalized spacial score (nSPS) is 21.9. The van der Waals surface area contributed by atoms with Gasteiger partial charge in [0.15, 0.2) is 0 Å². The van der Waals surface area contributed by atoms with Crippen molar-refractivity contribution in [3.63, 3.8) is 0 Å². The summed E-state index contributed by atoms with van der Waals surface area (Å²) >= 11 is 1.80. The number of aliphatic hydroxyl groups is 1. The highest BCUT2D eigenvalue weighted by molar-refractivity contribution is 7.09. The van der Waals surface area contributed by atoms with E-state index in [9.17, 15) is 5.11 Å². The molecular formula is C14H22OS. The Balaban J connectivity index is 1.86. The van der Waals surface area contributed by atoms with E-state index < -0.39 is 5.60 Å². The van der Waals surface area contributed by atoms with Crippen LogP contribution in [0.2, 0.25) is 0 Å². The average Bonchev–Trinajstić information content (AvgIpc) is 2.81. The minimum absolute atomic E-state index is 0.454. The summed E-state index contributed by atoms with van der Waals surface area (Å²) in [5, 5.41) is 12.7. The Kier molecular flexibility index (Phi) is 4.04. The molecule has 1 N–H and O–H groups in total. The lowest BCUT2D eigenvalue weighted by atomic mass is 9.76. The fourth-order valence-corrected chi connectivity index (χ4v) is 3.47. The molecule has 0 bridgehead atoms. The van der Waals surface area contributed by atoms with Crippen molar-refractivity contribution in [1.82, 2.24) is 0 Å². The Labute approximate surface area is 103 Å². The van der Waals surface area contributed by atoms with E-state index in [1.807, 2.05) is 6.92 Å². The molecule has 0 amide bonds. The van der Waals surface area contributed by atoms with Gasteiger partial charge in [-0.15, -0.1) is 11.3 Å².